The second kappa shape index (κ2) is 8.33. The third-order valence-corrected chi connectivity index (χ3v) is 2.01. The first-order chi connectivity index (χ1) is 8.17. The summed E-state index contributed by atoms with van der Waals surface area (Å²) in [5.41, 5.74) is 0.954. The van der Waals surface area contributed by atoms with E-state index >= 15 is 0 Å². The van der Waals surface area contributed by atoms with Crippen LogP contribution in [0.3, 0.4) is 0 Å². The molecular formula is C13H20N2O2. The van der Waals surface area contributed by atoms with Crippen molar-refractivity contribution >= 4 is 11.9 Å². The van der Waals surface area contributed by atoms with Gasteiger partial charge in [0.15, 0.2) is 0 Å². The van der Waals surface area contributed by atoms with Gasteiger partial charge in [-0.05, 0) is 12.5 Å². The standard InChI is InChI=1S/C11H14N2O2.C2H6/c1-3-5-8(6-4-2)7-9-10(14)13-11(15)12-9;1-2/h3-6,9H,1,7H2,2H3,(H2,12,13,14,15);1-2H3/b6-4-,8-5+;. The van der Waals surface area contributed by atoms with Crippen LogP contribution in [0.5, 0.6) is 0 Å². The predicted octanol–water partition coefficient (Wildman–Crippen LogP) is 2.30. The fourth-order valence-electron chi connectivity index (χ4n) is 1.40. The van der Waals surface area contributed by atoms with E-state index in [1.165, 1.54) is 0 Å². The van der Waals surface area contributed by atoms with Crippen LogP contribution in [0.2, 0.25) is 0 Å². The Morgan fingerprint density at radius 1 is 1.41 bits per heavy atom. The molecule has 1 aliphatic rings. The van der Waals surface area contributed by atoms with Gasteiger partial charge in [-0.25, -0.2) is 4.79 Å². The maximum absolute atomic E-state index is 11.3. The van der Waals surface area contributed by atoms with E-state index in [1.54, 1.807) is 6.08 Å². The molecule has 1 rings (SSSR count). The molecule has 0 aromatic rings. The molecule has 1 saturated heterocycles. The first kappa shape index (κ1) is 15.2. The van der Waals surface area contributed by atoms with Crippen molar-refractivity contribution in [3.8, 4) is 0 Å². The number of urea groups is 1. The normalized spacial score (nSPS) is 19.5. The molecule has 0 spiro atoms. The highest BCUT2D eigenvalue weighted by atomic mass is 16.2. The molecule has 0 radical (unpaired) electrons. The lowest BCUT2D eigenvalue weighted by Crippen LogP contribution is -2.28. The lowest BCUT2D eigenvalue weighted by molar-refractivity contribution is -0.120. The molecular weight excluding hydrogens is 216 g/mol. The van der Waals surface area contributed by atoms with Gasteiger partial charge < -0.3 is 5.32 Å². The van der Waals surface area contributed by atoms with Crippen LogP contribution in [0.25, 0.3) is 0 Å². The number of carbonyl (C=O) groups excluding carboxylic acids is 2. The van der Waals surface area contributed by atoms with E-state index in [1.807, 2.05) is 39.0 Å². The van der Waals surface area contributed by atoms with Crippen LogP contribution in [0.15, 0.2) is 36.5 Å². The van der Waals surface area contributed by atoms with Crippen LogP contribution in [-0.4, -0.2) is 18.0 Å². The van der Waals surface area contributed by atoms with Crippen LogP contribution in [-0.2, 0) is 4.79 Å². The van der Waals surface area contributed by atoms with Crippen molar-refractivity contribution in [1.82, 2.24) is 10.6 Å². The Bertz CT molecular complexity index is 343. The van der Waals surface area contributed by atoms with Gasteiger partial charge in [-0.2, -0.15) is 0 Å². The summed E-state index contributed by atoms with van der Waals surface area (Å²) >= 11 is 0. The van der Waals surface area contributed by atoms with Crippen LogP contribution >= 0.6 is 0 Å². The highest BCUT2D eigenvalue weighted by molar-refractivity contribution is 6.04. The van der Waals surface area contributed by atoms with Crippen molar-refractivity contribution in [2.45, 2.75) is 33.2 Å². The quantitative estimate of drug-likeness (QED) is 0.581. The lowest BCUT2D eigenvalue weighted by Gasteiger charge is -2.07. The van der Waals surface area contributed by atoms with E-state index in [0.29, 0.717) is 6.42 Å². The topological polar surface area (TPSA) is 58.2 Å². The largest absolute Gasteiger partial charge is 0.326 e. The second-order valence-electron chi connectivity index (χ2n) is 3.20. The smallest absolute Gasteiger partial charge is 0.322 e. The Kier molecular flexibility index (Phi) is 7.43. The maximum Gasteiger partial charge on any atom is 0.322 e. The minimum atomic E-state index is -0.472. The fourth-order valence-corrected chi connectivity index (χ4v) is 1.40. The van der Waals surface area contributed by atoms with Crippen LogP contribution in [0.4, 0.5) is 4.79 Å². The minimum absolute atomic E-state index is 0.278. The van der Waals surface area contributed by atoms with Crippen LogP contribution in [0.1, 0.15) is 27.2 Å². The molecule has 3 amide bonds. The van der Waals surface area contributed by atoms with Gasteiger partial charge in [0.1, 0.15) is 6.04 Å². The van der Waals surface area contributed by atoms with Gasteiger partial charge >= 0.3 is 6.03 Å². The zero-order valence-electron chi connectivity index (χ0n) is 10.6. The van der Waals surface area contributed by atoms with E-state index in [2.05, 4.69) is 17.2 Å². The molecule has 0 aromatic carbocycles. The van der Waals surface area contributed by atoms with E-state index < -0.39 is 12.1 Å². The van der Waals surface area contributed by atoms with Gasteiger partial charge in [0.25, 0.3) is 5.91 Å². The van der Waals surface area contributed by atoms with Crippen molar-refractivity contribution in [2.24, 2.45) is 0 Å². The first-order valence-corrected chi connectivity index (χ1v) is 5.73. The Morgan fingerprint density at radius 3 is 2.47 bits per heavy atom. The number of carbonyl (C=O) groups is 2. The Hall–Kier alpha value is -1.84. The molecule has 17 heavy (non-hydrogen) atoms. The van der Waals surface area contributed by atoms with E-state index in [0.717, 1.165) is 5.57 Å². The molecule has 1 fully saturated rings. The Labute approximate surface area is 102 Å². The average Bonchev–Trinajstić information content (AvgIpc) is 2.61. The molecule has 0 aromatic heterocycles. The SMILES string of the molecule is C=C/C=C(\C=C/C)CC1NC(=O)NC1=O.CC. The van der Waals surface area contributed by atoms with Crippen molar-refractivity contribution < 1.29 is 9.59 Å². The monoisotopic (exact) mass is 236 g/mol. The molecule has 1 aliphatic heterocycles. The summed E-state index contributed by atoms with van der Waals surface area (Å²) in [6, 6.07) is -0.900. The molecule has 2 N–H and O–H groups in total. The number of hydrogen-bond acceptors (Lipinski definition) is 2. The summed E-state index contributed by atoms with van der Waals surface area (Å²) < 4.78 is 0. The number of nitrogens with one attached hydrogen (secondary N) is 2. The molecule has 0 saturated carbocycles. The zero-order valence-corrected chi connectivity index (χ0v) is 10.6. The third kappa shape index (κ3) is 5.15. The summed E-state index contributed by atoms with van der Waals surface area (Å²) in [7, 11) is 0. The molecule has 94 valence electrons. The van der Waals surface area contributed by atoms with Crippen molar-refractivity contribution in [3.63, 3.8) is 0 Å². The lowest BCUT2D eigenvalue weighted by atomic mass is 10.1. The highest BCUT2D eigenvalue weighted by Gasteiger charge is 2.29. The second-order valence-corrected chi connectivity index (χ2v) is 3.20. The van der Waals surface area contributed by atoms with Crippen molar-refractivity contribution in [3.05, 3.63) is 36.5 Å². The van der Waals surface area contributed by atoms with Gasteiger partial charge in [-0.3, -0.25) is 10.1 Å². The number of amides is 3. The number of rotatable bonds is 4. The molecule has 4 heteroatoms. The Morgan fingerprint density at radius 2 is 2.06 bits per heavy atom. The molecule has 1 atom stereocenters. The van der Waals surface area contributed by atoms with Gasteiger partial charge in [0.2, 0.25) is 0 Å². The molecule has 0 aliphatic carbocycles. The average molecular weight is 236 g/mol. The first-order valence-electron chi connectivity index (χ1n) is 5.73. The minimum Gasteiger partial charge on any atom is -0.326 e. The number of allylic oxidation sites excluding steroid dienone is 4. The molecule has 1 unspecified atom stereocenters. The molecule has 1 heterocycles. The summed E-state index contributed by atoms with van der Waals surface area (Å²) in [6.07, 6.45) is 7.72. The summed E-state index contributed by atoms with van der Waals surface area (Å²) in [5, 5.41) is 4.73. The van der Waals surface area contributed by atoms with E-state index in [9.17, 15) is 9.59 Å². The van der Waals surface area contributed by atoms with Gasteiger partial charge in [0.05, 0.1) is 0 Å². The maximum atomic E-state index is 11.3. The predicted molar refractivity (Wildman–Crippen MR) is 69.5 cm³/mol. The van der Waals surface area contributed by atoms with Gasteiger partial charge in [-0.1, -0.05) is 44.7 Å². The van der Waals surface area contributed by atoms with E-state index in [-0.39, 0.29) is 5.91 Å². The summed E-state index contributed by atoms with van der Waals surface area (Å²) in [6.45, 7) is 9.49. The van der Waals surface area contributed by atoms with Crippen LogP contribution < -0.4 is 10.6 Å². The van der Waals surface area contributed by atoms with Crippen molar-refractivity contribution in [2.75, 3.05) is 0 Å². The molecule has 4 nitrogen and oxygen atoms in total. The summed E-state index contributed by atoms with van der Waals surface area (Å²) in [5.74, 6) is -0.278. The zero-order chi connectivity index (χ0) is 13.3. The van der Waals surface area contributed by atoms with Gasteiger partial charge in [-0.15, -0.1) is 0 Å². The van der Waals surface area contributed by atoms with Crippen LogP contribution in [0, 0.1) is 0 Å². The summed E-state index contributed by atoms with van der Waals surface area (Å²) in [4.78, 5) is 22.1. The highest BCUT2D eigenvalue weighted by Crippen LogP contribution is 2.10. The van der Waals surface area contributed by atoms with E-state index in [4.69, 9.17) is 0 Å². The third-order valence-electron chi connectivity index (χ3n) is 2.01. The molecule has 0 bridgehead atoms. The van der Waals surface area contributed by atoms with Gasteiger partial charge in [0, 0.05) is 6.42 Å². The number of hydrogen-bond donors (Lipinski definition) is 2. The van der Waals surface area contributed by atoms with Crippen molar-refractivity contribution in [1.29, 1.82) is 0 Å². The fraction of sp³-hybridized carbons (Fsp3) is 0.385. The number of imide groups is 1. The Balaban J connectivity index is 0.00000121.